The molecule has 27 heavy (non-hydrogen) atoms. The number of hydrogen-bond donors (Lipinski definition) is 3. The highest BCUT2D eigenvalue weighted by Crippen LogP contribution is 2.23. The highest BCUT2D eigenvalue weighted by Gasteiger charge is 2.14. The van der Waals surface area contributed by atoms with Gasteiger partial charge in [0.25, 0.3) is 11.6 Å². The molecule has 3 heterocycles. The summed E-state index contributed by atoms with van der Waals surface area (Å²) in [7, 11) is 0. The Morgan fingerprint density at radius 1 is 1.22 bits per heavy atom. The van der Waals surface area contributed by atoms with E-state index in [0.717, 1.165) is 5.39 Å². The molecule has 0 aliphatic carbocycles. The molecule has 8 nitrogen and oxygen atoms in total. The third kappa shape index (κ3) is 3.61. The Bertz CT molecular complexity index is 1140. The monoisotopic (exact) mass is 382 g/mol. The fraction of sp³-hybridized carbons (Fsp3) is 0.111. The molecule has 4 rings (SSSR count). The van der Waals surface area contributed by atoms with Crippen molar-refractivity contribution in [2.45, 2.75) is 13.0 Å². The van der Waals surface area contributed by atoms with Gasteiger partial charge < -0.3 is 14.7 Å². The van der Waals surface area contributed by atoms with Crippen molar-refractivity contribution < 1.29 is 4.42 Å². The minimum absolute atomic E-state index is 0.218. The Labute approximate surface area is 158 Å². The Morgan fingerprint density at radius 2 is 2.11 bits per heavy atom. The molecule has 136 valence electrons. The van der Waals surface area contributed by atoms with Crippen molar-refractivity contribution in [3.63, 3.8) is 0 Å². The maximum Gasteiger partial charge on any atom is 0.300 e. The first-order valence-electron chi connectivity index (χ1n) is 8.18. The molecule has 3 N–H and O–H groups in total. The average Bonchev–Trinajstić information content (AvgIpc) is 3.15. The van der Waals surface area contributed by atoms with E-state index in [1.807, 2.05) is 25.1 Å². The maximum atomic E-state index is 12.5. The van der Waals surface area contributed by atoms with Crippen molar-refractivity contribution in [2.75, 3.05) is 10.6 Å². The van der Waals surface area contributed by atoms with E-state index in [-0.39, 0.29) is 11.6 Å². The van der Waals surface area contributed by atoms with Crippen LogP contribution in [-0.4, -0.2) is 19.9 Å². The third-order valence-corrected chi connectivity index (χ3v) is 4.31. The largest absolute Gasteiger partial charge is 0.432 e. The van der Waals surface area contributed by atoms with E-state index in [9.17, 15) is 4.79 Å². The van der Waals surface area contributed by atoms with E-state index in [0.29, 0.717) is 33.9 Å². The summed E-state index contributed by atoms with van der Waals surface area (Å²) in [4.78, 5) is 27.8. The summed E-state index contributed by atoms with van der Waals surface area (Å²) in [5.74, 6) is 0.881. The molecule has 0 saturated carbocycles. The van der Waals surface area contributed by atoms with E-state index in [1.165, 1.54) is 12.5 Å². The van der Waals surface area contributed by atoms with Gasteiger partial charge in [-0.25, -0.2) is 9.97 Å². The molecule has 0 aliphatic heterocycles. The van der Waals surface area contributed by atoms with Gasteiger partial charge in [0.1, 0.15) is 12.1 Å². The summed E-state index contributed by atoms with van der Waals surface area (Å²) in [5.41, 5.74) is 0.956. The summed E-state index contributed by atoms with van der Waals surface area (Å²) in [6.45, 7) is 1.86. The summed E-state index contributed by atoms with van der Waals surface area (Å²) in [5, 5.41) is 7.42. The van der Waals surface area contributed by atoms with Crippen LogP contribution in [-0.2, 0) is 0 Å². The number of rotatable bonds is 5. The molecular formula is C18H15ClN6O2. The molecule has 4 aromatic rings. The molecule has 0 fully saturated rings. The first kappa shape index (κ1) is 17.0. The molecule has 0 saturated heterocycles. The number of H-pyrrole nitrogens is 1. The number of halogens is 1. The minimum Gasteiger partial charge on any atom is -0.432 e. The van der Waals surface area contributed by atoms with Crippen molar-refractivity contribution in [1.29, 1.82) is 0 Å². The lowest BCUT2D eigenvalue weighted by Crippen LogP contribution is -2.20. The first-order valence-corrected chi connectivity index (χ1v) is 8.55. The zero-order chi connectivity index (χ0) is 18.8. The van der Waals surface area contributed by atoms with E-state index in [4.69, 9.17) is 16.0 Å². The SMILES string of the molecule is C[C@H](Nc1nccc(Nc2ncco2)n1)c1cc2cccc(Cl)c2[nH]c1=O. The molecule has 3 aromatic heterocycles. The number of aromatic amines is 1. The minimum atomic E-state index is -0.325. The van der Waals surface area contributed by atoms with Crippen molar-refractivity contribution in [3.05, 3.63) is 69.9 Å². The van der Waals surface area contributed by atoms with Crippen LogP contribution in [0.3, 0.4) is 0 Å². The topological polar surface area (TPSA) is 109 Å². The summed E-state index contributed by atoms with van der Waals surface area (Å²) < 4.78 is 5.13. The van der Waals surface area contributed by atoms with E-state index < -0.39 is 0 Å². The number of anilines is 3. The smallest absolute Gasteiger partial charge is 0.300 e. The summed E-state index contributed by atoms with van der Waals surface area (Å²) >= 11 is 6.14. The molecule has 0 bridgehead atoms. The van der Waals surface area contributed by atoms with Crippen LogP contribution in [0.25, 0.3) is 10.9 Å². The van der Waals surface area contributed by atoms with Gasteiger partial charge >= 0.3 is 0 Å². The summed E-state index contributed by atoms with van der Waals surface area (Å²) in [6.07, 6.45) is 4.59. The molecule has 1 atom stereocenters. The second-order valence-electron chi connectivity index (χ2n) is 5.85. The Morgan fingerprint density at radius 3 is 2.93 bits per heavy atom. The van der Waals surface area contributed by atoms with Gasteiger partial charge in [0.05, 0.1) is 22.8 Å². The second-order valence-corrected chi connectivity index (χ2v) is 6.26. The van der Waals surface area contributed by atoms with Gasteiger partial charge in [0.2, 0.25) is 5.95 Å². The number of aromatic nitrogens is 4. The lowest BCUT2D eigenvalue weighted by Gasteiger charge is -2.14. The van der Waals surface area contributed by atoms with Crippen molar-refractivity contribution >= 4 is 40.3 Å². The van der Waals surface area contributed by atoms with Crippen LogP contribution in [0.4, 0.5) is 17.8 Å². The van der Waals surface area contributed by atoms with E-state index in [1.54, 1.807) is 18.3 Å². The molecule has 9 heteroatoms. The van der Waals surface area contributed by atoms with Crippen molar-refractivity contribution in [3.8, 4) is 0 Å². The van der Waals surface area contributed by atoms with Crippen molar-refractivity contribution in [2.24, 2.45) is 0 Å². The second kappa shape index (κ2) is 7.08. The van der Waals surface area contributed by atoms with Gasteiger partial charge in [-0.2, -0.15) is 4.98 Å². The molecular weight excluding hydrogens is 368 g/mol. The molecule has 0 amide bonds. The number of nitrogens with one attached hydrogen (secondary N) is 3. The average molecular weight is 383 g/mol. The lowest BCUT2D eigenvalue weighted by molar-refractivity contribution is 0.577. The van der Waals surface area contributed by atoms with Crippen molar-refractivity contribution in [1.82, 2.24) is 19.9 Å². The Kier molecular flexibility index (Phi) is 4.47. The van der Waals surface area contributed by atoms with Gasteiger partial charge in [-0.15, -0.1) is 0 Å². The number of fused-ring (bicyclic) bond motifs is 1. The molecule has 0 spiro atoms. The maximum absolute atomic E-state index is 12.5. The zero-order valence-corrected chi connectivity index (χ0v) is 15.0. The van der Waals surface area contributed by atoms with Crippen LogP contribution in [0.15, 0.2) is 58.2 Å². The molecule has 0 aliphatic rings. The quantitative estimate of drug-likeness (QED) is 0.480. The van der Waals surface area contributed by atoms with Gasteiger partial charge in [0, 0.05) is 17.1 Å². The van der Waals surface area contributed by atoms with Gasteiger partial charge in [-0.1, -0.05) is 23.7 Å². The Balaban J connectivity index is 1.59. The van der Waals surface area contributed by atoms with Crippen LogP contribution in [0, 0.1) is 0 Å². The number of oxazole rings is 1. The fourth-order valence-corrected chi connectivity index (χ4v) is 2.93. The normalized spacial score (nSPS) is 12.1. The van der Waals surface area contributed by atoms with Gasteiger partial charge in [0.15, 0.2) is 0 Å². The van der Waals surface area contributed by atoms with Crippen LogP contribution in [0.1, 0.15) is 18.5 Å². The summed E-state index contributed by atoms with van der Waals surface area (Å²) in [6, 6.07) is 8.97. The van der Waals surface area contributed by atoms with Gasteiger partial charge in [-0.05, 0) is 25.1 Å². The van der Waals surface area contributed by atoms with Crippen LogP contribution >= 0.6 is 11.6 Å². The van der Waals surface area contributed by atoms with E-state index in [2.05, 4.69) is 30.6 Å². The van der Waals surface area contributed by atoms with Crippen LogP contribution < -0.4 is 16.2 Å². The molecule has 0 radical (unpaired) electrons. The molecule has 0 unspecified atom stereocenters. The highest BCUT2D eigenvalue weighted by molar-refractivity contribution is 6.35. The number of para-hydroxylation sites is 1. The zero-order valence-electron chi connectivity index (χ0n) is 14.2. The third-order valence-electron chi connectivity index (χ3n) is 3.99. The molecule has 1 aromatic carbocycles. The number of nitrogens with zero attached hydrogens (tertiary/aromatic N) is 3. The standard InChI is InChI=1S/C18H15ClN6O2/c1-10(12-9-11-3-2-4-13(19)15(11)25-16(12)26)22-17-20-6-5-14(23-17)24-18-21-7-8-27-18/h2-10H,1H3,(H,25,26)(H2,20,21,22,23,24)/t10-/m0/s1. The predicted molar refractivity (Wildman–Crippen MR) is 103 cm³/mol. The lowest BCUT2D eigenvalue weighted by atomic mass is 10.1. The van der Waals surface area contributed by atoms with Gasteiger partial charge in [-0.3, -0.25) is 10.1 Å². The fourth-order valence-electron chi connectivity index (χ4n) is 2.70. The van der Waals surface area contributed by atoms with Crippen LogP contribution in [0.5, 0.6) is 0 Å². The highest BCUT2D eigenvalue weighted by atomic mass is 35.5. The predicted octanol–water partition coefficient (Wildman–Crippen LogP) is 3.88. The van der Waals surface area contributed by atoms with Crippen LogP contribution in [0.2, 0.25) is 5.02 Å². The number of benzene rings is 1. The van der Waals surface area contributed by atoms with E-state index >= 15 is 0 Å². The number of pyridine rings is 1. The Hall–Kier alpha value is -3.39. The first-order chi connectivity index (χ1) is 13.1. The number of hydrogen-bond acceptors (Lipinski definition) is 7.